The zero-order valence-electron chi connectivity index (χ0n) is 15.0. The standard InChI is InChI=1S/C17H24N4O6/c1-11-16(26)12(9-18-20-14(24)4-2-6-22)8-13(17(11)27)10-19-21-15(25)5-3-7-23/h8-10,22-23,26-27H,2-7H2,1H3,(H,20,24)(H,21,25)/b18-9+,19-10+. The highest BCUT2D eigenvalue weighted by atomic mass is 16.3. The normalized spacial score (nSPS) is 11.2. The number of hydrogen-bond acceptors (Lipinski definition) is 8. The van der Waals surface area contributed by atoms with Crippen LogP contribution in [0.1, 0.15) is 42.4 Å². The highest BCUT2D eigenvalue weighted by molar-refractivity contribution is 5.93. The van der Waals surface area contributed by atoms with Crippen LogP contribution in [-0.2, 0) is 9.59 Å². The smallest absolute Gasteiger partial charge is 0.240 e. The van der Waals surface area contributed by atoms with E-state index in [2.05, 4.69) is 21.1 Å². The average molecular weight is 380 g/mol. The number of aliphatic hydroxyl groups is 2. The van der Waals surface area contributed by atoms with Gasteiger partial charge in [0, 0.05) is 42.7 Å². The van der Waals surface area contributed by atoms with Crippen molar-refractivity contribution in [3.63, 3.8) is 0 Å². The fourth-order valence-corrected chi connectivity index (χ4v) is 1.98. The molecule has 0 radical (unpaired) electrons. The largest absolute Gasteiger partial charge is 0.507 e. The average Bonchev–Trinajstić information content (AvgIpc) is 2.65. The maximum atomic E-state index is 11.4. The van der Waals surface area contributed by atoms with Crippen LogP contribution in [0.5, 0.6) is 11.5 Å². The van der Waals surface area contributed by atoms with Gasteiger partial charge in [-0.2, -0.15) is 10.2 Å². The summed E-state index contributed by atoms with van der Waals surface area (Å²) < 4.78 is 0. The molecule has 1 aromatic carbocycles. The van der Waals surface area contributed by atoms with Gasteiger partial charge in [-0.1, -0.05) is 0 Å². The van der Waals surface area contributed by atoms with E-state index in [0.29, 0.717) is 12.8 Å². The van der Waals surface area contributed by atoms with Crippen LogP contribution in [0.25, 0.3) is 0 Å². The molecule has 148 valence electrons. The summed E-state index contributed by atoms with van der Waals surface area (Å²) in [4.78, 5) is 22.9. The molecule has 1 aromatic rings. The van der Waals surface area contributed by atoms with Crippen molar-refractivity contribution in [1.29, 1.82) is 0 Å². The highest BCUT2D eigenvalue weighted by Crippen LogP contribution is 2.31. The van der Waals surface area contributed by atoms with Gasteiger partial charge in [0.2, 0.25) is 11.8 Å². The van der Waals surface area contributed by atoms with Crippen LogP contribution in [0.15, 0.2) is 16.3 Å². The number of hydrogen-bond donors (Lipinski definition) is 6. The summed E-state index contributed by atoms with van der Waals surface area (Å²) in [6, 6.07) is 1.38. The SMILES string of the molecule is Cc1c(O)c(/C=N/NC(=O)CCCO)cc(/C=N/NC(=O)CCCO)c1O. The van der Waals surface area contributed by atoms with Crippen molar-refractivity contribution >= 4 is 24.2 Å². The summed E-state index contributed by atoms with van der Waals surface area (Å²) in [5.74, 6) is -1.21. The van der Waals surface area contributed by atoms with Gasteiger partial charge < -0.3 is 20.4 Å². The lowest BCUT2D eigenvalue weighted by Gasteiger charge is -2.09. The number of aliphatic hydroxyl groups excluding tert-OH is 2. The molecule has 0 atom stereocenters. The van der Waals surface area contributed by atoms with Crippen LogP contribution < -0.4 is 10.9 Å². The molecule has 0 aliphatic rings. The van der Waals surface area contributed by atoms with Crippen LogP contribution in [0, 0.1) is 6.92 Å². The summed E-state index contributed by atoms with van der Waals surface area (Å²) >= 11 is 0. The van der Waals surface area contributed by atoms with Gasteiger partial charge >= 0.3 is 0 Å². The zero-order chi connectivity index (χ0) is 20.2. The number of carbonyl (C=O) groups is 2. The maximum absolute atomic E-state index is 11.4. The molecule has 0 bridgehead atoms. The van der Waals surface area contributed by atoms with Crippen molar-refractivity contribution in [2.45, 2.75) is 32.6 Å². The Morgan fingerprint density at radius 1 is 0.926 bits per heavy atom. The number of nitrogens with zero attached hydrogens (tertiary/aromatic N) is 2. The molecule has 2 amide bonds. The minimum Gasteiger partial charge on any atom is -0.507 e. The molecule has 0 aliphatic carbocycles. The number of rotatable bonds is 10. The number of aromatic hydroxyl groups is 2. The molecule has 1 rings (SSSR count). The molecule has 6 N–H and O–H groups in total. The second-order valence-corrected chi connectivity index (χ2v) is 5.62. The van der Waals surface area contributed by atoms with E-state index in [-0.39, 0.29) is 66.1 Å². The molecule has 0 saturated heterocycles. The predicted octanol–water partition coefficient (Wildman–Crippen LogP) is -0.149. The van der Waals surface area contributed by atoms with Gasteiger partial charge in [0.25, 0.3) is 0 Å². The third kappa shape index (κ3) is 7.42. The molecule has 0 aliphatic heterocycles. The topological polar surface area (TPSA) is 164 Å². The van der Waals surface area contributed by atoms with Crippen molar-refractivity contribution in [3.8, 4) is 11.5 Å². The van der Waals surface area contributed by atoms with Crippen molar-refractivity contribution in [2.24, 2.45) is 10.2 Å². The summed E-state index contributed by atoms with van der Waals surface area (Å²) in [5, 5.41) is 44.9. The van der Waals surface area contributed by atoms with Crippen molar-refractivity contribution in [1.82, 2.24) is 10.9 Å². The fourth-order valence-electron chi connectivity index (χ4n) is 1.98. The third-order valence-electron chi connectivity index (χ3n) is 3.48. The van der Waals surface area contributed by atoms with E-state index < -0.39 is 0 Å². The quantitative estimate of drug-likeness (QED) is 0.244. The Hall–Kier alpha value is -2.98. The number of amides is 2. The van der Waals surface area contributed by atoms with Gasteiger partial charge in [-0.05, 0) is 25.8 Å². The van der Waals surface area contributed by atoms with E-state index in [1.807, 2.05) is 0 Å². The van der Waals surface area contributed by atoms with Crippen LogP contribution in [0.3, 0.4) is 0 Å². The lowest BCUT2D eigenvalue weighted by atomic mass is 10.0. The summed E-state index contributed by atoms with van der Waals surface area (Å²) in [5.41, 5.74) is 5.14. The molecule has 0 fully saturated rings. The van der Waals surface area contributed by atoms with E-state index in [4.69, 9.17) is 10.2 Å². The molecular formula is C17H24N4O6. The Labute approximate surface area is 156 Å². The molecule has 10 heteroatoms. The fraction of sp³-hybridized carbons (Fsp3) is 0.412. The number of carbonyl (C=O) groups excluding carboxylic acids is 2. The second kappa shape index (κ2) is 11.6. The Balaban J connectivity index is 2.86. The van der Waals surface area contributed by atoms with Gasteiger partial charge in [-0.15, -0.1) is 0 Å². The molecule has 0 saturated carbocycles. The van der Waals surface area contributed by atoms with Crippen molar-refractivity contribution in [2.75, 3.05) is 13.2 Å². The summed E-state index contributed by atoms with van der Waals surface area (Å²) in [7, 11) is 0. The maximum Gasteiger partial charge on any atom is 0.240 e. The number of hydrazone groups is 2. The summed E-state index contributed by atoms with van der Waals surface area (Å²) in [6.07, 6.45) is 3.27. The third-order valence-corrected chi connectivity index (χ3v) is 3.48. The predicted molar refractivity (Wildman–Crippen MR) is 98.6 cm³/mol. The Morgan fingerprint density at radius 3 is 1.70 bits per heavy atom. The van der Waals surface area contributed by atoms with Crippen LogP contribution in [0.2, 0.25) is 0 Å². The molecular weight excluding hydrogens is 356 g/mol. The van der Waals surface area contributed by atoms with Crippen LogP contribution in [0.4, 0.5) is 0 Å². The van der Waals surface area contributed by atoms with Gasteiger partial charge in [0.05, 0.1) is 12.4 Å². The second-order valence-electron chi connectivity index (χ2n) is 5.62. The van der Waals surface area contributed by atoms with E-state index in [1.54, 1.807) is 0 Å². The van der Waals surface area contributed by atoms with Crippen molar-refractivity contribution in [3.05, 3.63) is 22.8 Å². The number of nitrogens with one attached hydrogen (secondary N) is 2. The Bertz CT molecular complexity index is 662. The molecule has 0 spiro atoms. The molecule has 0 unspecified atom stereocenters. The monoisotopic (exact) mass is 380 g/mol. The van der Waals surface area contributed by atoms with E-state index in [9.17, 15) is 19.8 Å². The van der Waals surface area contributed by atoms with Gasteiger partial charge in [-0.3, -0.25) is 9.59 Å². The number of phenols is 2. The molecule has 27 heavy (non-hydrogen) atoms. The van der Waals surface area contributed by atoms with Crippen molar-refractivity contribution < 1.29 is 30.0 Å². The zero-order valence-corrected chi connectivity index (χ0v) is 15.0. The van der Waals surface area contributed by atoms with Crippen LogP contribution in [-0.4, -0.2) is 57.9 Å². The van der Waals surface area contributed by atoms with E-state index in [0.717, 1.165) is 0 Å². The minimum absolute atomic E-state index is 0.103. The highest BCUT2D eigenvalue weighted by Gasteiger charge is 2.12. The molecule has 0 aromatic heterocycles. The first kappa shape index (κ1) is 22.1. The van der Waals surface area contributed by atoms with E-state index in [1.165, 1.54) is 25.4 Å². The van der Waals surface area contributed by atoms with Gasteiger partial charge in [0.15, 0.2) is 0 Å². The first-order valence-electron chi connectivity index (χ1n) is 8.31. The first-order valence-corrected chi connectivity index (χ1v) is 8.31. The van der Waals surface area contributed by atoms with Gasteiger partial charge in [0.1, 0.15) is 11.5 Å². The minimum atomic E-state index is -0.386. The van der Waals surface area contributed by atoms with Crippen LogP contribution >= 0.6 is 0 Å². The number of phenolic OH excluding ortho intramolecular Hbond substituents is 2. The Kier molecular flexibility index (Phi) is 9.48. The molecule has 0 heterocycles. The van der Waals surface area contributed by atoms with E-state index >= 15 is 0 Å². The van der Waals surface area contributed by atoms with Gasteiger partial charge in [-0.25, -0.2) is 10.9 Å². The lowest BCUT2D eigenvalue weighted by Crippen LogP contribution is -2.17. The molecule has 10 nitrogen and oxygen atoms in total. The first-order chi connectivity index (χ1) is 12.9. The lowest BCUT2D eigenvalue weighted by molar-refractivity contribution is -0.122. The number of benzene rings is 1. The summed E-state index contributed by atoms with van der Waals surface area (Å²) in [6.45, 7) is 1.28. The Morgan fingerprint density at radius 2 is 1.33 bits per heavy atom.